The molecule has 140 valence electrons. The summed E-state index contributed by atoms with van der Waals surface area (Å²) in [5.74, 6) is 0.411. The third kappa shape index (κ3) is 5.69. The number of fused-ring (bicyclic) bond motifs is 1. The predicted molar refractivity (Wildman–Crippen MR) is 101 cm³/mol. The van der Waals surface area contributed by atoms with Gasteiger partial charge in [0.05, 0.1) is 0 Å². The van der Waals surface area contributed by atoms with Crippen LogP contribution in [0.2, 0.25) is 0 Å². The van der Waals surface area contributed by atoms with E-state index in [1.54, 1.807) is 36.2 Å². The van der Waals surface area contributed by atoms with Crippen molar-refractivity contribution in [2.24, 2.45) is 10.1 Å². The maximum atomic E-state index is 12.0. The molecule has 1 amide bonds. The van der Waals surface area contributed by atoms with E-state index in [1.807, 2.05) is 6.92 Å². The Morgan fingerprint density at radius 3 is 2.72 bits per heavy atom. The van der Waals surface area contributed by atoms with Gasteiger partial charge < -0.3 is 16.0 Å². The Morgan fingerprint density at radius 2 is 2.04 bits per heavy atom. The lowest BCUT2D eigenvalue weighted by molar-refractivity contribution is -0.121. The topological polar surface area (TPSA) is 105 Å². The molecular weight excluding hydrogens is 364 g/mol. The second-order valence-electron chi connectivity index (χ2n) is 6.03. The van der Waals surface area contributed by atoms with E-state index in [2.05, 4.69) is 9.71 Å². The molecule has 1 aliphatic heterocycles. The van der Waals surface area contributed by atoms with Crippen LogP contribution in [0.25, 0.3) is 0 Å². The molecule has 3 N–H and O–H groups in total. The minimum absolute atomic E-state index is 0. The van der Waals surface area contributed by atoms with Gasteiger partial charge >= 0.3 is 0 Å². The van der Waals surface area contributed by atoms with Crippen LogP contribution < -0.4 is 11.1 Å². The van der Waals surface area contributed by atoms with Crippen LogP contribution >= 0.6 is 12.4 Å². The molecule has 1 aromatic carbocycles. The Kier molecular flexibility index (Phi) is 7.85. The number of carbonyl (C=O) groups excluding carboxylic acids is 1. The van der Waals surface area contributed by atoms with Crippen LogP contribution in [0, 0.1) is 0 Å². The van der Waals surface area contributed by atoms with Crippen LogP contribution in [0.3, 0.4) is 0 Å². The fourth-order valence-electron chi connectivity index (χ4n) is 2.47. The van der Waals surface area contributed by atoms with E-state index in [9.17, 15) is 13.2 Å². The second kappa shape index (κ2) is 9.17. The first-order valence-corrected chi connectivity index (χ1v) is 9.43. The number of hydrogen-bond acceptors (Lipinski definition) is 5. The van der Waals surface area contributed by atoms with E-state index in [0.29, 0.717) is 37.3 Å². The van der Waals surface area contributed by atoms with E-state index in [-0.39, 0.29) is 29.3 Å². The molecule has 1 heterocycles. The predicted octanol–water partition coefficient (Wildman–Crippen LogP) is 1.12. The van der Waals surface area contributed by atoms with Crippen molar-refractivity contribution in [3.8, 4) is 0 Å². The number of nitrogens with two attached hydrogens (primary N) is 1. The number of rotatable bonds is 7. The summed E-state index contributed by atoms with van der Waals surface area (Å²) < 4.78 is 27.9. The molecule has 0 radical (unpaired) electrons. The zero-order valence-corrected chi connectivity index (χ0v) is 16.1. The molecule has 0 bridgehead atoms. The fourth-order valence-corrected chi connectivity index (χ4v) is 3.73. The molecule has 25 heavy (non-hydrogen) atoms. The zero-order valence-electron chi connectivity index (χ0n) is 14.4. The van der Waals surface area contributed by atoms with Crippen molar-refractivity contribution in [2.45, 2.75) is 37.1 Å². The number of hydrogen-bond donors (Lipinski definition) is 2. The number of carbonyl (C=O) groups is 1. The number of nitrogens with one attached hydrogen (secondary N) is 1. The van der Waals surface area contributed by atoms with Crippen LogP contribution in [-0.2, 0) is 14.8 Å². The average Bonchev–Trinajstić information content (AvgIpc) is 2.79. The van der Waals surface area contributed by atoms with Crippen LogP contribution in [0.15, 0.2) is 33.6 Å². The Bertz CT molecular complexity index is 735. The normalized spacial score (nSPS) is 15.6. The molecule has 1 atom stereocenters. The van der Waals surface area contributed by atoms with Crippen molar-refractivity contribution in [3.63, 3.8) is 0 Å². The Hall–Kier alpha value is -1.64. The smallest absolute Gasteiger partial charge is 0.285 e. The van der Waals surface area contributed by atoms with Gasteiger partial charge in [0.15, 0.2) is 0 Å². The quantitative estimate of drug-likeness (QED) is 0.728. The van der Waals surface area contributed by atoms with Crippen LogP contribution in [0.5, 0.6) is 0 Å². The summed E-state index contributed by atoms with van der Waals surface area (Å²) in [6, 6.07) is 6.84. The summed E-state index contributed by atoms with van der Waals surface area (Å²) in [5.41, 5.74) is 6.24. The van der Waals surface area contributed by atoms with Gasteiger partial charge in [0, 0.05) is 38.2 Å². The van der Waals surface area contributed by atoms with Gasteiger partial charge in [0.25, 0.3) is 10.0 Å². The molecule has 7 nitrogen and oxygen atoms in total. The molecule has 0 saturated carbocycles. The Labute approximate surface area is 155 Å². The first kappa shape index (κ1) is 21.4. The molecule has 0 aromatic heterocycles. The molecule has 1 aliphatic rings. The number of halogens is 1. The number of sulfonamides is 1. The average molecular weight is 389 g/mol. The van der Waals surface area contributed by atoms with E-state index >= 15 is 0 Å². The van der Waals surface area contributed by atoms with Gasteiger partial charge in [-0.2, -0.15) is 8.42 Å². The number of nitrogens with zero attached hydrogens (tertiary/aromatic N) is 2. The molecule has 1 unspecified atom stereocenters. The van der Waals surface area contributed by atoms with Gasteiger partial charge in [-0.25, -0.2) is 0 Å². The van der Waals surface area contributed by atoms with Gasteiger partial charge in [0.2, 0.25) is 5.91 Å². The summed E-state index contributed by atoms with van der Waals surface area (Å²) in [5, 5.41) is 2.82. The lowest BCUT2D eigenvalue weighted by atomic mass is 10.2. The first-order chi connectivity index (χ1) is 11.3. The fraction of sp³-hybridized carbons (Fsp3) is 0.500. The lowest BCUT2D eigenvalue weighted by Gasteiger charge is -2.18. The largest absolute Gasteiger partial charge is 0.358 e. The van der Waals surface area contributed by atoms with Crippen LogP contribution in [0.1, 0.15) is 31.7 Å². The SMILES string of the molecule is CC(N)CCNC(=O)CCCN(C)C1=NS(=O)(=O)c2ccccc21.Cl. The Balaban J connectivity index is 0.00000312. The van der Waals surface area contributed by atoms with Gasteiger partial charge in [0.1, 0.15) is 10.7 Å². The molecule has 0 saturated heterocycles. The molecule has 2 rings (SSSR count). The molecule has 0 spiro atoms. The number of amidine groups is 1. The van der Waals surface area contributed by atoms with Gasteiger partial charge in [-0.15, -0.1) is 16.8 Å². The number of benzene rings is 1. The molecule has 0 aliphatic carbocycles. The van der Waals surface area contributed by atoms with Crippen LogP contribution in [0.4, 0.5) is 0 Å². The molecule has 1 aromatic rings. The van der Waals surface area contributed by atoms with Crippen molar-refractivity contribution in [1.82, 2.24) is 10.2 Å². The van der Waals surface area contributed by atoms with Crippen molar-refractivity contribution in [3.05, 3.63) is 29.8 Å². The van der Waals surface area contributed by atoms with Crippen molar-refractivity contribution in [2.75, 3.05) is 20.1 Å². The highest BCUT2D eigenvalue weighted by Gasteiger charge is 2.30. The summed E-state index contributed by atoms with van der Waals surface area (Å²) in [6.07, 6.45) is 1.74. The third-order valence-corrected chi connectivity index (χ3v) is 5.12. The van der Waals surface area contributed by atoms with Gasteiger partial charge in [-0.05, 0) is 31.9 Å². The van der Waals surface area contributed by atoms with Crippen molar-refractivity contribution >= 4 is 34.2 Å². The lowest BCUT2D eigenvalue weighted by Crippen LogP contribution is -2.31. The second-order valence-corrected chi connectivity index (χ2v) is 7.60. The molecule has 0 fully saturated rings. The minimum atomic E-state index is -3.61. The van der Waals surface area contributed by atoms with E-state index in [4.69, 9.17) is 5.73 Å². The minimum Gasteiger partial charge on any atom is -0.358 e. The summed E-state index contributed by atoms with van der Waals surface area (Å²) >= 11 is 0. The summed E-state index contributed by atoms with van der Waals surface area (Å²) in [7, 11) is -1.82. The monoisotopic (exact) mass is 388 g/mol. The maximum Gasteiger partial charge on any atom is 0.285 e. The van der Waals surface area contributed by atoms with Gasteiger partial charge in [-0.3, -0.25) is 4.79 Å². The van der Waals surface area contributed by atoms with Crippen LogP contribution in [-0.4, -0.2) is 51.2 Å². The molecule has 9 heteroatoms. The highest BCUT2D eigenvalue weighted by Crippen LogP contribution is 2.26. The van der Waals surface area contributed by atoms with Gasteiger partial charge in [-0.1, -0.05) is 12.1 Å². The summed E-state index contributed by atoms with van der Waals surface area (Å²) in [6.45, 7) is 3.02. The van der Waals surface area contributed by atoms with E-state index < -0.39 is 10.0 Å². The maximum absolute atomic E-state index is 12.0. The van der Waals surface area contributed by atoms with Crippen molar-refractivity contribution < 1.29 is 13.2 Å². The van der Waals surface area contributed by atoms with Crippen molar-refractivity contribution in [1.29, 1.82) is 0 Å². The Morgan fingerprint density at radius 1 is 1.36 bits per heavy atom. The highest BCUT2D eigenvalue weighted by atomic mass is 35.5. The third-order valence-electron chi connectivity index (χ3n) is 3.79. The standard InChI is InChI=1S/C16H24N4O3S.ClH/c1-12(17)9-10-18-15(21)8-5-11-20(2)16-13-6-3-4-7-14(13)24(22,23)19-16;/h3-4,6-7,12H,5,8-11,17H2,1-2H3,(H,18,21);1H. The first-order valence-electron chi connectivity index (χ1n) is 7.99. The van der Waals surface area contributed by atoms with E-state index in [1.165, 1.54) is 0 Å². The van der Waals surface area contributed by atoms with E-state index in [0.717, 1.165) is 6.42 Å². The zero-order chi connectivity index (χ0) is 17.7. The molecular formula is C16H25ClN4O3S. The highest BCUT2D eigenvalue weighted by molar-refractivity contribution is 7.90. The summed E-state index contributed by atoms with van der Waals surface area (Å²) in [4.78, 5) is 13.7. The number of amides is 1.